The molecule has 4 nitrogen and oxygen atoms in total. The first-order valence-electron chi connectivity index (χ1n) is 5.86. The maximum absolute atomic E-state index is 13.1. The van der Waals surface area contributed by atoms with E-state index in [1.165, 1.54) is 12.1 Å². The number of anilines is 1. The van der Waals surface area contributed by atoms with Crippen molar-refractivity contribution in [3.8, 4) is 5.69 Å². The second-order valence-electron chi connectivity index (χ2n) is 4.22. The molecule has 0 spiro atoms. The fourth-order valence-corrected chi connectivity index (χ4v) is 2.53. The highest BCUT2D eigenvalue weighted by Crippen LogP contribution is 2.21. The number of rotatable bonds is 5. The highest BCUT2D eigenvalue weighted by Gasteiger charge is 2.11. The number of halogens is 2. The van der Waals surface area contributed by atoms with Crippen LogP contribution in [0.1, 0.15) is 6.92 Å². The Morgan fingerprint density at radius 2 is 2.32 bits per heavy atom. The van der Waals surface area contributed by atoms with Gasteiger partial charge in [0.2, 0.25) is 5.95 Å². The number of ether oxygens (including phenoxy) is 1. The summed E-state index contributed by atoms with van der Waals surface area (Å²) in [6.45, 7) is 2.60. The van der Waals surface area contributed by atoms with Crippen LogP contribution >= 0.6 is 22.6 Å². The van der Waals surface area contributed by atoms with Crippen molar-refractivity contribution in [2.45, 2.75) is 13.0 Å². The molecule has 1 N–H and O–H groups in total. The molecule has 0 fully saturated rings. The summed E-state index contributed by atoms with van der Waals surface area (Å²) in [4.78, 5) is 4.28. The van der Waals surface area contributed by atoms with E-state index in [0.29, 0.717) is 12.6 Å². The maximum atomic E-state index is 13.1. The van der Waals surface area contributed by atoms with Crippen molar-refractivity contribution in [1.82, 2.24) is 9.55 Å². The van der Waals surface area contributed by atoms with E-state index >= 15 is 0 Å². The molecular formula is C13H15FIN3O. The summed E-state index contributed by atoms with van der Waals surface area (Å²) in [5.41, 5.74) is 0.895. The zero-order chi connectivity index (χ0) is 13.8. The SMILES string of the molecule is COCC(C)Nc1nccn1-c1ccc(F)cc1I. The summed E-state index contributed by atoms with van der Waals surface area (Å²) in [7, 11) is 1.66. The van der Waals surface area contributed by atoms with Crippen molar-refractivity contribution in [3.05, 3.63) is 40.0 Å². The van der Waals surface area contributed by atoms with Gasteiger partial charge in [-0.1, -0.05) is 0 Å². The van der Waals surface area contributed by atoms with E-state index in [9.17, 15) is 4.39 Å². The topological polar surface area (TPSA) is 39.1 Å². The largest absolute Gasteiger partial charge is 0.383 e. The van der Waals surface area contributed by atoms with Crippen LogP contribution in [0, 0.1) is 9.39 Å². The van der Waals surface area contributed by atoms with Gasteiger partial charge >= 0.3 is 0 Å². The number of aromatic nitrogens is 2. The lowest BCUT2D eigenvalue weighted by Crippen LogP contribution is -2.23. The van der Waals surface area contributed by atoms with Gasteiger partial charge in [-0.25, -0.2) is 9.37 Å². The second-order valence-corrected chi connectivity index (χ2v) is 5.38. The number of nitrogens with one attached hydrogen (secondary N) is 1. The molecule has 6 heteroatoms. The zero-order valence-electron chi connectivity index (χ0n) is 10.7. The van der Waals surface area contributed by atoms with Gasteiger partial charge in [-0.3, -0.25) is 4.57 Å². The highest BCUT2D eigenvalue weighted by molar-refractivity contribution is 14.1. The number of hydrogen-bond donors (Lipinski definition) is 1. The molecule has 0 amide bonds. The average Bonchev–Trinajstić information content (AvgIpc) is 2.77. The van der Waals surface area contributed by atoms with Crippen LogP contribution in [0.5, 0.6) is 0 Å². The summed E-state index contributed by atoms with van der Waals surface area (Å²) in [5.74, 6) is 0.476. The minimum Gasteiger partial charge on any atom is -0.383 e. The van der Waals surface area contributed by atoms with E-state index in [0.717, 1.165) is 9.26 Å². The fraction of sp³-hybridized carbons (Fsp3) is 0.308. The zero-order valence-corrected chi connectivity index (χ0v) is 12.9. The Morgan fingerprint density at radius 3 is 3.00 bits per heavy atom. The van der Waals surface area contributed by atoms with Gasteiger partial charge in [0.25, 0.3) is 0 Å². The smallest absolute Gasteiger partial charge is 0.207 e. The minimum absolute atomic E-state index is 0.143. The molecular weight excluding hydrogens is 360 g/mol. The van der Waals surface area contributed by atoms with Gasteiger partial charge in [0.05, 0.1) is 12.3 Å². The summed E-state index contributed by atoms with van der Waals surface area (Å²) >= 11 is 2.11. The van der Waals surface area contributed by atoms with Gasteiger partial charge in [-0.05, 0) is 47.7 Å². The van der Waals surface area contributed by atoms with Crippen LogP contribution in [0.4, 0.5) is 10.3 Å². The van der Waals surface area contributed by atoms with E-state index in [-0.39, 0.29) is 11.9 Å². The normalized spacial score (nSPS) is 12.4. The van der Waals surface area contributed by atoms with Gasteiger partial charge in [0.1, 0.15) is 5.82 Å². The molecule has 0 radical (unpaired) electrons. The average molecular weight is 375 g/mol. The third kappa shape index (κ3) is 3.44. The van der Waals surface area contributed by atoms with Gasteiger partial charge < -0.3 is 10.1 Å². The van der Waals surface area contributed by atoms with Crippen LogP contribution in [0.3, 0.4) is 0 Å². The Labute approximate surface area is 125 Å². The van der Waals surface area contributed by atoms with Crippen molar-refractivity contribution in [1.29, 1.82) is 0 Å². The molecule has 1 unspecified atom stereocenters. The van der Waals surface area contributed by atoms with E-state index in [4.69, 9.17) is 4.74 Å². The van der Waals surface area contributed by atoms with Gasteiger partial charge in [0, 0.05) is 29.1 Å². The number of benzene rings is 1. The van der Waals surface area contributed by atoms with E-state index in [1.54, 1.807) is 19.4 Å². The number of hydrogen-bond acceptors (Lipinski definition) is 3. The summed E-state index contributed by atoms with van der Waals surface area (Å²) in [6, 6.07) is 4.83. The first-order chi connectivity index (χ1) is 9.11. The molecule has 19 heavy (non-hydrogen) atoms. The lowest BCUT2D eigenvalue weighted by Gasteiger charge is -2.16. The predicted molar refractivity (Wildman–Crippen MR) is 81.2 cm³/mol. The van der Waals surface area contributed by atoms with Crippen molar-refractivity contribution in [2.24, 2.45) is 0 Å². The van der Waals surface area contributed by atoms with Crippen LogP contribution in [-0.2, 0) is 4.74 Å². The quantitative estimate of drug-likeness (QED) is 0.817. The Morgan fingerprint density at radius 1 is 1.53 bits per heavy atom. The molecule has 1 aromatic heterocycles. The fourth-order valence-electron chi connectivity index (χ4n) is 1.79. The Hall–Kier alpha value is -1.15. The molecule has 0 saturated heterocycles. The van der Waals surface area contributed by atoms with E-state index in [2.05, 4.69) is 32.9 Å². The van der Waals surface area contributed by atoms with Crippen LogP contribution in [0.2, 0.25) is 0 Å². The van der Waals surface area contributed by atoms with Crippen molar-refractivity contribution < 1.29 is 9.13 Å². The molecule has 0 aliphatic heterocycles. The van der Waals surface area contributed by atoms with Crippen LogP contribution < -0.4 is 5.32 Å². The molecule has 1 heterocycles. The van der Waals surface area contributed by atoms with Crippen LogP contribution in [-0.4, -0.2) is 29.3 Å². The molecule has 1 atom stereocenters. The molecule has 2 rings (SSSR count). The Balaban J connectivity index is 2.28. The molecule has 0 aliphatic carbocycles. The summed E-state index contributed by atoms with van der Waals surface area (Å²) < 4.78 is 21.0. The molecule has 0 aliphatic rings. The van der Waals surface area contributed by atoms with Crippen LogP contribution in [0.15, 0.2) is 30.6 Å². The molecule has 2 aromatic rings. The lowest BCUT2D eigenvalue weighted by molar-refractivity contribution is 0.190. The van der Waals surface area contributed by atoms with Gasteiger partial charge in [-0.15, -0.1) is 0 Å². The van der Waals surface area contributed by atoms with Gasteiger partial charge in [-0.2, -0.15) is 0 Å². The summed E-state index contributed by atoms with van der Waals surface area (Å²) in [5, 5.41) is 3.26. The third-order valence-electron chi connectivity index (χ3n) is 2.60. The molecule has 1 aromatic carbocycles. The monoisotopic (exact) mass is 375 g/mol. The third-order valence-corrected chi connectivity index (χ3v) is 3.47. The lowest BCUT2D eigenvalue weighted by atomic mass is 10.3. The number of imidazole rings is 1. The van der Waals surface area contributed by atoms with Crippen molar-refractivity contribution in [3.63, 3.8) is 0 Å². The molecule has 0 bridgehead atoms. The van der Waals surface area contributed by atoms with Crippen LogP contribution in [0.25, 0.3) is 5.69 Å². The maximum Gasteiger partial charge on any atom is 0.207 e. The Kier molecular flexibility index (Phi) is 4.76. The van der Waals surface area contributed by atoms with Gasteiger partial charge in [0.15, 0.2) is 0 Å². The number of nitrogens with zero attached hydrogens (tertiary/aromatic N) is 2. The predicted octanol–water partition coefficient (Wildman–Crippen LogP) is 3.06. The summed E-state index contributed by atoms with van der Waals surface area (Å²) in [6.07, 6.45) is 3.55. The second kappa shape index (κ2) is 6.33. The highest BCUT2D eigenvalue weighted by atomic mass is 127. The van der Waals surface area contributed by atoms with E-state index in [1.807, 2.05) is 17.7 Å². The standard InChI is InChI=1S/C13H15FIN3O/c1-9(8-19-2)17-13-16-5-6-18(13)12-4-3-10(14)7-11(12)15/h3-7,9H,8H2,1-2H3,(H,16,17). The van der Waals surface area contributed by atoms with E-state index < -0.39 is 0 Å². The first-order valence-corrected chi connectivity index (χ1v) is 6.94. The molecule has 102 valence electrons. The number of methoxy groups -OCH3 is 1. The minimum atomic E-state index is -0.240. The Bertz CT molecular complexity index is 559. The van der Waals surface area contributed by atoms with Crippen molar-refractivity contribution in [2.75, 3.05) is 19.0 Å². The first kappa shape index (κ1) is 14.3. The molecule has 0 saturated carbocycles. The van der Waals surface area contributed by atoms with Crippen molar-refractivity contribution >= 4 is 28.5 Å².